The van der Waals surface area contributed by atoms with E-state index in [1.165, 1.54) is 0 Å². The average Bonchev–Trinajstić information content (AvgIpc) is 2.90. The summed E-state index contributed by atoms with van der Waals surface area (Å²) in [6, 6.07) is 2.17. The van der Waals surface area contributed by atoms with Crippen molar-refractivity contribution >= 4 is 24.1 Å². The van der Waals surface area contributed by atoms with Crippen LogP contribution in [0.1, 0.15) is 18.6 Å². The van der Waals surface area contributed by atoms with Crippen LogP contribution in [0.2, 0.25) is 0 Å². The molecule has 2 rings (SSSR count). The van der Waals surface area contributed by atoms with Crippen molar-refractivity contribution in [2.45, 2.75) is 25.8 Å². The van der Waals surface area contributed by atoms with Crippen molar-refractivity contribution in [3.63, 3.8) is 0 Å². The van der Waals surface area contributed by atoms with Crippen LogP contribution in [0.25, 0.3) is 0 Å². The van der Waals surface area contributed by atoms with Crippen LogP contribution in [0, 0.1) is 6.92 Å². The number of likely N-dealkylation sites (N-methyl/N-ethyl adjacent to an activating group) is 1. The molecule has 1 aromatic rings. The van der Waals surface area contributed by atoms with E-state index >= 15 is 0 Å². The fourth-order valence-corrected chi connectivity index (χ4v) is 2.36. The van der Waals surface area contributed by atoms with Gasteiger partial charge in [-0.1, -0.05) is 5.16 Å². The molecule has 1 aliphatic rings. The molecule has 0 saturated carbocycles. The van der Waals surface area contributed by atoms with Gasteiger partial charge in [0.05, 0.1) is 6.54 Å². The summed E-state index contributed by atoms with van der Waals surface area (Å²) in [6.07, 6.45) is 2.31. The Bertz CT molecular complexity index is 410. The number of hydrogen-bond acceptors (Lipinski definition) is 5. The van der Waals surface area contributed by atoms with Crippen LogP contribution in [-0.4, -0.2) is 48.7 Å². The summed E-state index contributed by atoms with van der Waals surface area (Å²) in [4.78, 5) is 14.1. The Labute approximate surface area is 119 Å². The number of likely N-dealkylation sites (tertiary alicyclic amines) is 1. The first kappa shape index (κ1) is 15.9. The number of aryl methyl sites for hydroxylation is 1. The maximum atomic E-state index is 11.9. The fraction of sp³-hybridized carbons (Fsp3) is 0.667. The standard InChI is InChI=1S/C12H20N4O2.ClH/c1-9-6-11(15-18-9)14-12(17)8-16-5-3-4-10(16)7-13-2;/h6,10,13H,3-5,7-8H2,1-2H3,(H,14,15,17);1H. The number of hydrogen-bond donors (Lipinski definition) is 2. The highest BCUT2D eigenvalue weighted by Crippen LogP contribution is 2.16. The first-order valence-electron chi connectivity index (χ1n) is 6.31. The van der Waals surface area contributed by atoms with Crippen LogP contribution in [-0.2, 0) is 4.79 Å². The number of carbonyl (C=O) groups excluding carboxylic acids is 1. The van der Waals surface area contributed by atoms with Gasteiger partial charge in [0.25, 0.3) is 0 Å². The van der Waals surface area contributed by atoms with Gasteiger partial charge >= 0.3 is 0 Å². The lowest BCUT2D eigenvalue weighted by Gasteiger charge is -2.23. The Balaban J connectivity index is 0.00000180. The van der Waals surface area contributed by atoms with Crippen molar-refractivity contribution in [1.29, 1.82) is 0 Å². The lowest BCUT2D eigenvalue weighted by molar-refractivity contribution is -0.117. The molecule has 1 aromatic heterocycles. The minimum atomic E-state index is -0.0358. The number of amides is 1. The van der Waals surface area contributed by atoms with E-state index in [0.29, 0.717) is 24.2 Å². The zero-order valence-corrected chi connectivity index (χ0v) is 12.1. The maximum absolute atomic E-state index is 11.9. The van der Waals surface area contributed by atoms with Crippen molar-refractivity contribution in [1.82, 2.24) is 15.4 Å². The summed E-state index contributed by atoms with van der Waals surface area (Å²) < 4.78 is 4.91. The summed E-state index contributed by atoms with van der Waals surface area (Å²) in [7, 11) is 1.94. The number of rotatable bonds is 5. The molecule has 1 aliphatic heterocycles. The SMILES string of the molecule is CNCC1CCCN1CC(=O)Nc1cc(C)on1.Cl. The molecule has 6 nitrogen and oxygen atoms in total. The Morgan fingerprint density at radius 2 is 2.42 bits per heavy atom. The molecule has 2 heterocycles. The second kappa shape index (κ2) is 7.47. The van der Waals surface area contributed by atoms with Gasteiger partial charge in [0.15, 0.2) is 5.82 Å². The monoisotopic (exact) mass is 288 g/mol. The predicted octanol–water partition coefficient (Wildman–Crippen LogP) is 1.03. The average molecular weight is 289 g/mol. The Hall–Kier alpha value is -1.11. The highest BCUT2D eigenvalue weighted by molar-refractivity contribution is 5.91. The van der Waals surface area contributed by atoms with Gasteiger partial charge in [-0.2, -0.15) is 0 Å². The number of anilines is 1. The van der Waals surface area contributed by atoms with Gasteiger partial charge in [0.1, 0.15) is 5.76 Å². The number of aromatic nitrogens is 1. The lowest BCUT2D eigenvalue weighted by Crippen LogP contribution is -2.41. The minimum Gasteiger partial charge on any atom is -0.360 e. The predicted molar refractivity (Wildman–Crippen MR) is 75.6 cm³/mol. The summed E-state index contributed by atoms with van der Waals surface area (Å²) in [5, 5.41) is 9.66. The molecule has 0 aromatic carbocycles. The first-order chi connectivity index (χ1) is 8.69. The molecule has 0 bridgehead atoms. The Morgan fingerprint density at radius 3 is 3.05 bits per heavy atom. The molecule has 2 N–H and O–H groups in total. The largest absolute Gasteiger partial charge is 0.360 e. The molecule has 1 saturated heterocycles. The third-order valence-electron chi connectivity index (χ3n) is 3.18. The van der Waals surface area contributed by atoms with Gasteiger partial charge in [-0.15, -0.1) is 12.4 Å². The van der Waals surface area contributed by atoms with Crippen molar-refractivity contribution in [3.05, 3.63) is 11.8 Å². The second-order valence-electron chi connectivity index (χ2n) is 4.70. The van der Waals surface area contributed by atoms with Gasteiger partial charge in [0, 0.05) is 18.7 Å². The maximum Gasteiger partial charge on any atom is 0.239 e. The van der Waals surface area contributed by atoms with E-state index in [0.717, 1.165) is 25.9 Å². The topological polar surface area (TPSA) is 70.4 Å². The number of carbonyl (C=O) groups is 1. The van der Waals surface area contributed by atoms with Crippen molar-refractivity contribution < 1.29 is 9.32 Å². The van der Waals surface area contributed by atoms with Gasteiger partial charge < -0.3 is 15.2 Å². The van der Waals surface area contributed by atoms with Crippen molar-refractivity contribution in [2.75, 3.05) is 32.0 Å². The normalized spacial score (nSPS) is 19.2. The van der Waals surface area contributed by atoms with Crippen LogP contribution in [0.15, 0.2) is 10.6 Å². The van der Waals surface area contributed by atoms with Crippen LogP contribution in [0.3, 0.4) is 0 Å². The van der Waals surface area contributed by atoms with E-state index in [-0.39, 0.29) is 18.3 Å². The van der Waals surface area contributed by atoms with Crippen LogP contribution in [0.4, 0.5) is 5.82 Å². The lowest BCUT2D eigenvalue weighted by atomic mass is 10.2. The van der Waals surface area contributed by atoms with E-state index in [2.05, 4.69) is 20.7 Å². The highest BCUT2D eigenvalue weighted by Gasteiger charge is 2.25. The summed E-state index contributed by atoms with van der Waals surface area (Å²) >= 11 is 0. The smallest absolute Gasteiger partial charge is 0.239 e. The van der Waals surface area contributed by atoms with Gasteiger partial charge in [-0.05, 0) is 33.4 Å². The van der Waals surface area contributed by atoms with E-state index in [1.54, 1.807) is 13.0 Å². The fourth-order valence-electron chi connectivity index (χ4n) is 2.36. The van der Waals surface area contributed by atoms with Crippen LogP contribution >= 0.6 is 12.4 Å². The van der Waals surface area contributed by atoms with Crippen molar-refractivity contribution in [2.24, 2.45) is 0 Å². The highest BCUT2D eigenvalue weighted by atomic mass is 35.5. The summed E-state index contributed by atoms with van der Waals surface area (Å²) in [6.45, 7) is 4.12. The third kappa shape index (κ3) is 4.49. The summed E-state index contributed by atoms with van der Waals surface area (Å²) in [5.41, 5.74) is 0. The molecule has 1 fully saturated rings. The molecular formula is C12H21ClN4O2. The quantitative estimate of drug-likeness (QED) is 0.847. The molecule has 0 spiro atoms. The molecule has 0 radical (unpaired) electrons. The van der Waals surface area contributed by atoms with Crippen LogP contribution in [0.5, 0.6) is 0 Å². The molecule has 7 heteroatoms. The molecule has 108 valence electrons. The first-order valence-corrected chi connectivity index (χ1v) is 6.31. The number of nitrogens with zero attached hydrogens (tertiary/aromatic N) is 2. The number of halogens is 1. The van der Waals surface area contributed by atoms with E-state index in [4.69, 9.17) is 4.52 Å². The van der Waals surface area contributed by atoms with E-state index in [1.807, 2.05) is 7.05 Å². The Kier molecular flexibility index (Phi) is 6.27. The van der Waals surface area contributed by atoms with Gasteiger partial charge in [0.2, 0.25) is 5.91 Å². The zero-order valence-electron chi connectivity index (χ0n) is 11.3. The molecule has 1 atom stereocenters. The molecule has 1 unspecified atom stereocenters. The minimum absolute atomic E-state index is 0. The molecule has 19 heavy (non-hydrogen) atoms. The summed E-state index contributed by atoms with van der Waals surface area (Å²) in [5.74, 6) is 1.15. The van der Waals surface area contributed by atoms with E-state index < -0.39 is 0 Å². The van der Waals surface area contributed by atoms with E-state index in [9.17, 15) is 4.79 Å². The Morgan fingerprint density at radius 1 is 1.63 bits per heavy atom. The number of nitrogens with one attached hydrogen (secondary N) is 2. The molecular weight excluding hydrogens is 268 g/mol. The third-order valence-corrected chi connectivity index (χ3v) is 3.18. The van der Waals surface area contributed by atoms with Gasteiger partial charge in [-0.25, -0.2) is 0 Å². The second-order valence-corrected chi connectivity index (χ2v) is 4.70. The molecule has 1 amide bonds. The molecule has 0 aliphatic carbocycles. The van der Waals surface area contributed by atoms with Crippen LogP contribution < -0.4 is 10.6 Å². The zero-order chi connectivity index (χ0) is 13.0. The van der Waals surface area contributed by atoms with Gasteiger partial charge in [-0.3, -0.25) is 9.69 Å². The van der Waals surface area contributed by atoms with Crippen molar-refractivity contribution in [3.8, 4) is 0 Å².